The summed E-state index contributed by atoms with van der Waals surface area (Å²) in [5.41, 5.74) is 8.26. The molecule has 0 unspecified atom stereocenters. The third kappa shape index (κ3) is 4.11. The Bertz CT molecular complexity index is 428. The summed E-state index contributed by atoms with van der Waals surface area (Å²) in [7, 11) is 0. The number of nitrogens with zero attached hydrogens (tertiary/aromatic N) is 1. The third-order valence-corrected chi connectivity index (χ3v) is 4.25. The zero-order valence-electron chi connectivity index (χ0n) is 12.5. The van der Waals surface area contributed by atoms with E-state index >= 15 is 0 Å². The van der Waals surface area contributed by atoms with Crippen molar-refractivity contribution in [2.24, 2.45) is 5.92 Å². The molecule has 0 amide bonds. The van der Waals surface area contributed by atoms with Gasteiger partial charge in [0.05, 0.1) is 0 Å². The fourth-order valence-electron chi connectivity index (χ4n) is 2.85. The second-order valence-corrected chi connectivity index (χ2v) is 6.48. The molecule has 112 valence electrons. The molecule has 0 aliphatic carbocycles. The first kappa shape index (κ1) is 15.6. The Morgan fingerprint density at radius 1 is 1.25 bits per heavy atom. The fraction of sp³-hybridized carbons (Fsp3) is 0.625. The molecule has 1 aromatic carbocycles. The highest BCUT2D eigenvalue weighted by Crippen LogP contribution is 2.33. The van der Waals surface area contributed by atoms with Crippen LogP contribution in [0.15, 0.2) is 18.2 Å². The van der Waals surface area contributed by atoms with Crippen LogP contribution >= 0.6 is 11.6 Å². The Morgan fingerprint density at radius 2 is 1.95 bits per heavy atom. The SMILES string of the molecule is CC(C)CC[C@@H](c1cc(Cl)ccc1N)N1CCNCC1. The van der Waals surface area contributed by atoms with Gasteiger partial charge in [0.15, 0.2) is 0 Å². The number of nitrogens with one attached hydrogen (secondary N) is 1. The summed E-state index contributed by atoms with van der Waals surface area (Å²) in [6, 6.07) is 6.24. The number of nitrogen functional groups attached to an aromatic ring is 1. The van der Waals surface area contributed by atoms with Gasteiger partial charge in [-0.15, -0.1) is 0 Å². The van der Waals surface area contributed by atoms with E-state index in [4.69, 9.17) is 17.3 Å². The van der Waals surface area contributed by atoms with Crippen molar-refractivity contribution in [2.45, 2.75) is 32.7 Å². The summed E-state index contributed by atoms with van der Waals surface area (Å²) >= 11 is 6.18. The average molecular weight is 296 g/mol. The van der Waals surface area contributed by atoms with E-state index < -0.39 is 0 Å². The zero-order chi connectivity index (χ0) is 14.5. The molecule has 1 aromatic rings. The van der Waals surface area contributed by atoms with Crippen LogP contribution in [-0.4, -0.2) is 31.1 Å². The van der Waals surface area contributed by atoms with Crippen LogP contribution in [0.1, 0.15) is 38.3 Å². The van der Waals surface area contributed by atoms with Gasteiger partial charge in [0.25, 0.3) is 0 Å². The van der Waals surface area contributed by atoms with E-state index in [2.05, 4.69) is 24.1 Å². The third-order valence-electron chi connectivity index (χ3n) is 4.02. The number of anilines is 1. The standard InChI is InChI=1S/C16H26ClN3/c1-12(2)3-6-16(20-9-7-19-8-10-20)14-11-13(17)4-5-15(14)18/h4-5,11-12,16,19H,3,6-10,18H2,1-2H3/t16-/m0/s1. The predicted octanol–water partition coefficient (Wildman–Crippen LogP) is 3.30. The number of piperazine rings is 1. The maximum absolute atomic E-state index is 6.20. The van der Waals surface area contributed by atoms with Crippen molar-refractivity contribution in [2.75, 3.05) is 31.9 Å². The Balaban J connectivity index is 2.21. The van der Waals surface area contributed by atoms with Gasteiger partial charge in [0.1, 0.15) is 0 Å². The first-order valence-corrected chi connectivity index (χ1v) is 7.95. The molecule has 0 spiro atoms. The summed E-state index contributed by atoms with van der Waals surface area (Å²) in [5.74, 6) is 0.709. The number of halogens is 1. The van der Waals surface area contributed by atoms with Crippen molar-refractivity contribution in [1.82, 2.24) is 10.2 Å². The number of benzene rings is 1. The van der Waals surface area contributed by atoms with Crippen molar-refractivity contribution in [1.29, 1.82) is 0 Å². The summed E-state index contributed by atoms with van der Waals surface area (Å²) in [6.07, 6.45) is 2.35. The number of rotatable bonds is 5. The topological polar surface area (TPSA) is 41.3 Å². The summed E-state index contributed by atoms with van der Waals surface area (Å²) in [5, 5.41) is 4.19. The van der Waals surface area contributed by atoms with Crippen LogP contribution in [0.4, 0.5) is 5.69 Å². The molecule has 1 aliphatic rings. The molecule has 2 rings (SSSR count). The molecule has 1 heterocycles. The Morgan fingerprint density at radius 3 is 2.60 bits per heavy atom. The van der Waals surface area contributed by atoms with E-state index in [1.54, 1.807) is 0 Å². The molecule has 3 N–H and O–H groups in total. The van der Waals surface area contributed by atoms with Gasteiger partial charge in [0, 0.05) is 42.9 Å². The lowest BCUT2D eigenvalue weighted by atomic mass is 9.94. The molecule has 1 fully saturated rings. The van der Waals surface area contributed by atoms with Crippen LogP contribution in [-0.2, 0) is 0 Å². The molecule has 0 radical (unpaired) electrons. The normalized spacial score (nSPS) is 18.4. The molecule has 1 aliphatic heterocycles. The molecule has 1 atom stereocenters. The van der Waals surface area contributed by atoms with Crippen LogP contribution < -0.4 is 11.1 Å². The number of hydrogen-bond acceptors (Lipinski definition) is 3. The summed E-state index contributed by atoms with van der Waals surface area (Å²) < 4.78 is 0. The lowest BCUT2D eigenvalue weighted by Crippen LogP contribution is -2.45. The monoisotopic (exact) mass is 295 g/mol. The van der Waals surface area contributed by atoms with Crippen LogP contribution in [0.25, 0.3) is 0 Å². The molecule has 20 heavy (non-hydrogen) atoms. The molecule has 0 bridgehead atoms. The predicted molar refractivity (Wildman–Crippen MR) is 87.1 cm³/mol. The molecule has 1 saturated heterocycles. The van der Waals surface area contributed by atoms with Crippen LogP contribution in [0, 0.1) is 5.92 Å². The Kier molecular flexibility index (Phi) is 5.70. The van der Waals surface area contributed by atoms with E-state index in [1.165, 1.54) is 12.0 Å². The minimum atomic E-state index is 0.387. The first-order valence-electron chi connectivity index (χ1n) is 7.57. The van der Waals surface area contributed by atoms with E-state index in [1.807, 2.05) is 18.2 Å². The quantitative estimate of drug-likeness (QED) is 0.819. The fourth-order valence-corrected chi connectivity index (χ4v) is 3.03. The van der Waals surface area contributed by atoms with Gasteiger partial charge in [-0.25, -0.2) is 0 Å². The first-order chi connectivity index (χ1) is 9.58. The number of nitrogens with two attached hydrogens (primary N) is 1. The van der Waals surface area contributed by atoms with Crippen molar-refractivity contribution in [3.8, 4) is 0 Å². The Hall–Kier alpha value is -0.770. The smallest absolute Gasteiger partial charge is 0.0410 e. The zero-order valence-corrected chi connectivity index (χ0v) is 13.3. The molecular weight excluding hydrogens is 270 g/mol. The van der Waals surface area contributed by atoms with Crippen molar-refractivity contribution in [3.63, 3.8) is 0 Å². The maximum Gasteiger partial charge on any atom is 0.0410 e. The van der Waals surface area contributed by atoms with Gasteiger partial charge in [-0.05, 0) is 42.5 Å². The van der Waals surface area contributed by atoms with Crippen molar-refractivity contribution >= 4 is 17.3 Å². The van der Waals surface area contributed by atoms with E-state index in [0.717, 1.165) is 43.3 Å². The van der Waals surface area contributed by atoms with Gasteiger partial charge >= 0.3 is 0 Å². The highest BCUT2D eigenvalue weighted by atomic mass is 35.5. The average Bonchev–Trinajstić information content (AvgIpc) is 2.43. The van der Waals surface area contributed by atoms with Gasteiger partial charge in [-0.3, -0.25) is 4.90 Å². The highest BCUT2D eigenvalue weighted by molar-refractivity contribution is 6.30. The second-order valence-electron chi connectivity index (χ2n) is 6.05. The molecular formula is C16H26ClN3. The van der Waals surface area contributed by atoms with Crippen molar-refractivity contribution < 1.29 is 0 Å². The minimum Gasteiger partial charge on any atom is -0.398 e. The van der Waals surface area contributed by atoms with Crippen LogP contribution in [0.2, 0.25) is 5.02 Å². The Labute approximate surface area is 127 Å². The molecule has 0 aromatic heterocycles. The van der Waals surface area contributed by atoms with Gasteiger partial charge < -0.3 is 11.1 Å². The van der Waals surface area contributed by atoms with Crippen LogP contribution in [0.5, 0.6) is 0 Å². The largest absolute Gasteiger partial charge is 0.398 e. The van der Waals surface area contributed by atoms with Crippen LogP contribution in [0.3, 0.4) is 0 Å². The summed E-state index contributed by atoms with van der Waals surface area (Å²) in [6.45, 7) is 8.81. The second kappa shape index (κ2) is 7.30. The van der Waals surface area contributed by atoms with E-state index in [9.17, 15) is 0 Å². The maximum atomic E-state index is 6.20. The van der Waals surface area contributed by atoms with Gasteiger partial charge in [-0.1, -0.05) is 25.4 Å². The highest BCUT2D eigenvalue weighted by Gasteiger charge is 2.24. The van der Waals surface area contributed by atoms with Gasteiger partial charge in [0.2, 0.25) is 0 Å². The van der Waals surface area contributed by atoms with E-state index in [0.29, 0.717) is 12.0 Å². The van der Waals surface area contributed by atoms with E-state index in [-0.39, 0.29) is 0 Å². The molecule has 0 saturated carbocycles. The molecule has 3 nitrogen and oxygen atoms in total. The lowest BCUT2D eigenvalue weighted by molar-refractivity contribution is 0.160. The number of hydrogen-bond donors (Lipinski definition) is 2. The molecule has 4 heteroatoms. The van der Waals surface area contributed by atoms with Crippen molar-refractivity contribution in [3.05, 3.63) is 28.8 Å². The summed E-state index contributed by atoms with van der Waals surface area (Å²) in [4.78, 5) is 2.54. The van der Waals surface area contributed by atoms with Gasteiger partial charge in [-0.2, -0.15) is 0 Å². The minimum absolute atomic E-state index is 0.387. The lowest BCUT2D eigenvalue weighted by Gasteiger charge is -2.36.